The highest BCUT2D eigenvalue weighted by Gasteiger charge is 2.12. The van der Waals surface area contributed by atoms with Crippen LogP contribution in [0.4, 0.5) is 5.88 Å². The first-order chi connectivity index (χ1) is 9.13. The van der Waals surface area contributed by atoms with E-state index in [1.54, 1.807) is 25.3 Å². The predicted octanol–water partition coefficient (Wildman–Crippen LogP) is 2.66. The molecule has 0 fully saturated rings. The number of carbonyl (C=O) groups is 2. The molecular formula is C14H13NO4. The van der Waals surface area contributed by atoms with Crippen molar-refractivity contribution in [3.8, 4) is 5.75 Å². The highest BCUT2D eigenvalue weighted by Crippen LogP contribution is 2.19. The van der Waals surface area contributed by atoms with Gasteiger partial charge in [-0.25, -0.2) is 0 Å². The van der Waals surface area contributed by atoms with Gasteiger partial charge in [-0.2, -0.15) is 0 Å². The Kier molecular flexibility index (Phi) is 3.66. The van der Waals surface area contributed by atoms with Crippen LogP contribution in [-0.2, 0) is 0 Å². The van der Waals surface area contributed by atoms with Crippen LogP contribution in [0.3, 0.4) is 0 Å². The van der Waals surface area contributed by atoms with Crippen LogP contribution in [0.1, 0.15) is 26.5 Å². The lowest BCUT2D eigenvalue weighted by Crippen LogP contribution is -2.12. The number of ether oxygens (including phenoxy) is 1. The summed E-state index contributed by atoms with van der Waals surface area (Å²) in [4.78, 5) is 22.5. The standard InChI is InChI=1S/C14H13NO4/c1-9-7-10(18-2)3-5-12(9)14(17)15-13-6-4-11(8-16)19-13/h3-8H,1-2H3,(H,15,17). The molecule has 0 atom stereocenters. The van der Waals surface area contributed by atoms with Gasteiger partial charge in [0.05, 0.1) is 7.11 Å². The Hall–Kier alpha value is -2.56. The lowest BCUT2D eigenvalue weighted by Gasteiger charge is -2.07. The second-order valence-electron chi connectivity index (χ2n) is 3.95. The molecule has 0 aliphatic heterocycles. The van der Waals surface area contributed by atoms with Gasteiger partial charge in [-0.05, 0) is 36.8 Å². The normalized spacial score (nSPS) is 10.0. The van der Waals surface area contributed by atoms with E-state index in [1.165, 1.54) is 12.1 Å². The number of nitrogens with one attached hydrogen (secondary N) is 1. The summed E-state index contributed by atoms with van der Waals surface area (Å²) in [6, 6.07) is 8.17. The Morgan fingerprint density at radius 3 is 2.68 bits per heavy atom. The smallest absolute Gasteiger partial charge is 0.258 e. The van der Waals surface area contributed by atoms with Crippen molar-refractivity contribution in [1.29, 1.82) is 0 Å². The van der Waals surface area contributed by atoms with E-state index in [2.05, 4.69) is 5.32 Å². The van der Waals surface area contributed by atoms with Crippen molar-refractivity contribution in [3.63, 3.8) is 0 Å². The summed E-state index contributed by atoms with van der Waals surface area (Å²) in [6.45, 7) is 1.82. The highest BCUT2D eigenvalue weighted by molar-refractivity contribution is 6.04. The van der Waals surface area contributed by atoms with Crippen molar-refractivity contribution in [3.05, 3.63) is 47.2 Å². The van der Waals surface area contributed by atoms with Crippen molar-refractivity contribution >= 4 is 18.1 Å². The minimum absolute atomic E-state index is 0.168. The second kappa shape index (κ2) is 5.39. The number of rotatable bonds is 4. The number of aryl methyl sites for hydroxylation is 1. The molecule has 2 aromatic rings. The molecule has 1 heterocycles. The van der Waals surface area contributed by atoms with E-state index in [1.807, 2.05) is 6.92 Å². The summed E-state index contributed by atoms with van der Waals surface area (Å²) in [5, 5.41) is 2.59. The predicted molar refractivity (Wildman–Crippen MR) is 69.8 cm³/mol. The number of hydrogen-bond donors (Lipinski definition) is 1. The van der Waals surface area contributed by atoms with E-state index in [9.17, 15) is 9.59 Å². The van der Waals surface area contributed by atoms with E-state index in [-0.39, 0.29) is 17.6 Å². The van der Waals surface area contributed by atoms with Crippen molar-refractivity contribution in [2.24, 2.45) is 0 Å². The van der Waals surface area contributed by atoms with E-state index < -0.39 is 0 Å². The molecule has 5 nitrogen and oxygen atoms in total. The van der Waals surface area contributed by atoms with Crippen LogP contribution >= 0.6 is 0 Å². The zero-order chi connectivity index (χ0) is 13.8. The van der Waals surface area contributed by atoms with Crippen LogP contribution in [0.5, 0.6) is 5.75 Å². The largest absolute Gasteiger partial charge is 0.497 e. The molecule has 0 unspecified atom stereocenters. The first-order valence-electron chi connectivity index (χ1n) is 5.65. The van der Waals surface area contributed by atoms with Gasteiger partial charge in [-0.15, -0.1) is 0 Å². The second-order valence-corrected chi connectivity index (χ2v) is 3.95. The molecule has 1 aromatic heterocycles. The Balaban J connectivity index is 2.17. The van der Waals surface area contributed by atoms with Gasteiger partial charge in [0, 0.05) is 11.6 Å². The number of furan rings is 1. The molecule has 5 heteroatoms. The summed E-state index contributed by atoms with van der Waals surface area (Å²) >= 11 is 0. The van der Waals surface area contributed by atoms with Crippen molar-refractivity contribution in [2.45, 2.75) is 6.92 Å². The van der Waals surface area contributed by atoms with Gasteiger partial charge in [0.25, 0.3) is 5.91 Å². The molecule has 19 heavy (non-hydrogen) atoms. The van der Waals surface area contributed by atoms with Crippen LogP contribution in [-0.4, -0.2) is 19.3 Å². The Morgan fingerprint density at radius 2 is 2.11 bits per heavy atom. The fraction of sp³-hybridized carbons (Fsp3) is 0.143. The van der Waals surface area contributed by atoms with Crippen molar-refractivity contribution in [2.75, 3.05) is 12.4 Å². The van der Waals surface area contributed by atoms with Crippen LogP contribution in [0.25, 0.3) is 0 Å². The van der Waals surface area contributed by atoms with Gasteiger partial charge >= 0.3 is 0 Å². The minimum atomic E-state index is -0.299. The number of hydrogen-bond acceptors (Lipinski definition) is 4. The van der Waals surface area contributed by atoms with Gasteiger partial charge in [0.2, 0.25) is 5.88 Å². The summed E-state index contributed by atoms with van der Waals surface area (Å²) in [7, 11) is 1.57. The number of anilines is 1. The summed E-state index contributed by atoms with van der Waals surface area (Å²) in [6.07, 6.45) is 0.578. The van der Waals surface area contributed by atoms with Gasteiger partial charge in [0.1, 0.15) is 5.75 Å². The first-order valence-corrected chi connectivity index (χ1v) is 5.65. The van der Waals surface area contributed by atoms with Crippen LogP contribution < -0.4 is 10.1 Å². The zero-order valence-electron chi connectivity index (χ0n) is 10.6. The van der Waals surface area contributed by atoms with Gasteiger partial charge in [-0.1, -0.05) is 0 Å². The molecule has 0 bridgehead atoms. The molecule has 0 radical (unpaired) electrons. The van der Waals surface area contributed by atoms with Gasteiger partial charge in [0.15, 0.2) is 12.0 Å². The monoisotopic (exact) mass is 259 g/mol. The molecular weight excluding hydrogens is 246 g/mol. The third-order valence-corrected chi connectivity index (χ3v) is 2.66. The third-order valence-electron chi connectivity index (χ3n) is 2.66. The summed E-state index contributed by atoms with van der Waals surface area (Å²) < 4.78 is 10.2. The van der Waals surface area contributed by atoms with Crippen molar-refractivity contribution < 1.29 is 18.7 Å². The Morgan fingerprint density at radius 1 is 1.32 bits per heavy atom. The first kappa shape index (κ1) is 12.9. The summed E-state index contributed by atoms with van der Waals surface area (Å²) in [5.74, 6) is 0.798. The highest BCUT2D eigenvalue weighted by atomic mass is 16.5. The molecule has 98 valence electrons. The lowest BCUT2D eigenvalue weighted by atomic mass is 10.1. The number of methoxy groups -OCH3 is 1. The fourth-order valence-electron chi connectivity index (χ4n) is 1.68. The Labute approximate surface area is 110 Å². The minimum Gasteiger partial charge on any atom is -0.497 e. The summed E-state index contributed by atoms with van der Waals surface area (Å²) in [5.41, 5.74) is 1.31. The van der Waals surface area contributed by atoms with E-state index >= 15 is 0 Å². The average Bonchev–Trinajstić information content (AvgIpc) is 2.86. The van der Waals surface area contributed by atoms with Gasteiger partial charge in [-0.3, -0.25) is 14.9 Å². The fourth-order valence-corrected chi connectivity index (χ4v) is 1.68. The molecule has 1 aromatic carbocycles. The number of carbonyl (C=O) groups excluding carboxylic acids is 2. The molecule has 1 N–H and O–H groups in total. The van der Waals surface area contributed by atoms with E-state index in [0.29, 0.717) is 17.6 Å². The van der Waals surface area contributed by atoms with Crippen LogP contribution in [0, 0.1) is 6.92 Å². The maximum Gasteiger partial charge on any atom is 0.258 e. The van der Waals surface area contributed by atoms with Gasteiger partial charge < -0.3 is 9.15 Å². The maximum absolute atomic E-state index is 12.0. The van der Waals surface area contributed by atoms with E-state index in [4.69, 9.17) is 9.15 Å². The SMILES string of the molecule is COc1ccc(C(=O)Nc2ccc(C=O)o2)c(C)c1. The van der Waals surface area contributed by atoms with Crippen LogP contribution in [0.15, 0.2) is 34.7 Å². The number of benzene rings is 1. The molecule has 0 spiro atoms. The molecule has 0 saturated heterocycles. The number of aldehydes is 1. The quantitative estimate of drug-likeness (QED) is 0.857. The molecule has 0 aliphatic rings. The van der Waals surface area contributed by atoms with Crippen LogP contribution in [0.2, 0.25) is 0 Å². The molecule has 0 aliphatic carbocycles. The maximum atomic E-state index is 12.0. The molecule has 2 rings (SSSR count). The third kappa shape index (κ3) is 2.82. The molecule has 0 saturated carbocycles. The number of amides is 1. The molecule has 1 amide bonds. The Bertz CT molecular complexity index is 616. The lowest BCUT2D eigenvalue weighted by molar-refractivity contribution is 0.102. The van der Waals surface area contributed by atoms with E-state index in [0.717, 1.165) is 5.56 Å². The zero-order valence-corrected chi connectivity index (χ0v) is 10.6. The topological polar surface area (TPSA) is 68.5 Å². The van der Waals surface area contributed by atoms with Crippen molar-refractivity contribution in [1.82, 2.24) is 0 Å². The average molecular weight is 259 g/mol.